The first-order valence-corrected chi connectivity index (χ1v) is 10.9. The van der Waals surface area contributed by atoms with E-state index in [0.717, 1.165) is 29.2 Å². The second-order valence-electron chi connectivity index (χ2n) is 6.63. The van der Waals surface area contributed by atoms with Crippen LogP contribution in [0, 0.1) is 0 Å². The average molecular weight is 433 g/mol. The Labute approximate surface area is 177 Å². The molecule has 1 unspecified atom stereocenters. The van der Waals surface area contributed by atoms with E-state index in [1.165, 1.54) is 6.20 Å². The van der Waals surface area contributed by atoms with Crippen LogP contribution in [0.4, 0.5) is 5.82 Å². The summed E-state index contributed by atoms with van der Waals surface area (Å²) in [6.07, 6.45) is 5.23. The van der Waals surface area contributed by atoms with Crippen molar-refractivity contribution in [3.05, 3.63) is 45.9 Å². The first-order chi connectivity index (χ1) is 14.1. The van der Waals surface area contributed by atoms with E-state index < -0.39 is 0 Å². The van der Waals surface area contributed by atoms with Crippen LogP contribution >= 0.6 is 23.4 Å². The maximum Gasteiger partial charge on any atom is 0.295 e. The highest BCUT2D eigenvalue weighted by Gasteiger charge is 2.20. The molecule has 10 heteroatoms. The van der Waals surface area contributed by atoms with E-state index in [-0.39, 0.29) is 22.8 Å². The van der Waals surface area contributed by atoms with Crippen molar-refractivity contribution in [2.75, 3.05) is 17.7 Å². The van der Waals surface area contributed by atoms with Gasteiger partial charge in [-0.3, -0.25) is 14.3 Å². The molecule has 4 rings (SSSR count). The molecule has 1 atom stereocenters. The number of halogens is 1. The monoisotopic (exact) mass is 432 g/mol. The molecular formula is C19H21ClN6O2S. The van der Waals surface area contributed by atoms with Crippen molar-refractivity contribution in [2.45, 2.75) is 43.9 Å². The van der Waals surface area contributed by atoms with E-state index in [9.17, 15) is 4.79 Å². The largest absolute Gasteiger partial charge is 0.376 e. The van der Waals surface area contributed by atoms with Crippen molar-refractivity contribution in [2.24, 2.45) is 0 Å². The van der Waals surface area contributed by atoms with Gasteiger partial charge in [0.25, 0.3) is 5.56 Å². The van der Waals surface area contributed by atoms with Gasteiger partial charge in [0.1, 0.15) is 5.52 Å². The lowest BCUT2D eigenvalue weighted by Crippen LogP contribution is -2.30. The molecule has 0 bridgehead atoms. The second kappa shape index (κ2) is 9.06. The molecule has 0 spiro atoms. The lowest BCUT2D eigenvalue weighted by atomic mass is 10.2. The molecule has 8 nitrogen and oxygen atoms in total. The number of thioether (sulfide) groups is 1. The van der Waals surface area contributed by atoms with Gasteiger partial charge >= 0.3 is 0 Å². The van der Waals surface area contributed by atoms with Crippen LogP contribution in [-0.2, 0) is 17.8 Å². The van der Waals surface area contributed by atoms with Gasteiger partial charge < -0.3 is 10.1 Å². The Morgan fingerprint density at radius 3 is 2.93 bits per heavy atom. The number of hydrogen-bond donors (Lipinski definition) is 1. The fourth-order valence-corrected chi connectivity index (χ4v) is 3.99. The number of pyridine rings is 1. The van der Waals surface area contributed by atoms with E-state index >= 15 is 0 Å². The van der Waals surface area contributed by atoms with Crippen LogP contribution in [0.1, 0.15) is 25.5 Å². The van der Waals surface area contributed by atoms with Gasteiger partial charge in [0, 0.05) is 17.7 Å². The van der Waals surface area contributed by atoms with Crippen LogP contribution < -0.4 is 10.9 Å². The number of aromatic nitrogens is 5. The van der Waals surface area contributed by atoms with Gasteiger partial charge in [-0.2, -0.15) is 4.98 Å². The molecule has 4 heterocycles. The van der Waals surface area contributed by atoms with Crippen LogP contribution in [0.5, 0.6) is 0 Å². The maximum atomic E-state index is 13.1. The highest BCUT2D eigenvalue weighted by atomic mass is 35.5. The van der Waals surface area contributed by atoms with Crippen molar-refractivity contribution in [1.82, 2.24) is 24.5 Å². The Kier molecular flexibility index (Phi) is 6.27. The molecular weight excluding hydrogens is 412 g/mol. The van der Waals surface area contributed by atoms with E-state index in [0.29, 0.717) is 30.9 Å². The summed E-state index contributed by atoms with van der Waals surface area (Å²) in [7, 11) is 0. The molecule has 0 aliphatic carbocycles. The molecule has 1 fully saturated rings. The third kappa shape index (κ3) is 4.68. The Morgan fingerprint density at radius 1 is 1.31 bits per heavy atom. The molecule has 1 aliphatic rings. The summed E-state index contributed by atoms with van der Waals surface area (Å²) in [5.74, 6) is 1.23. The second-order valence-corrected chi connectivity index (χ2v) is 8.31. The van der Waals surface area contributed by atoms with Gasteiger partial charge in [-0.05, 0) is 42.3 Å². The Bertz CT molecular complexity index is 1050. The van der Waals surface area contributed by atoms with Gasteiger partial charge in [-0.25, -0.2) is 9.97 Å². The summed E-state index contributed by atoms with van der Waals surface area (Å²) in [4.78, 5) is 31.3. The first-order valence-electron chi connectivity index (χ1n) is 9.50. The number of rotatable bonds is 7. The van der Waals surface area contributed by atoms with Crippen molar-refractivity contribution in [1.29, 1.82) is 0 Å². The predicted molar refractivity (Wildman–Crippen MR) is 114 cm³/mol. The molecule has 1 saturated heterocycles. The van der Waals surface area contributed by atoms with Crippen LogP contribution in [0.2, 0.25) is 5.28 Å². The molecule has 0 amide bonds. The molecule has 29 heavy (non-hydrogen) atoms. The number of hydrogen-bond acceptors (Lipinski definition) is 8. The minimum absolute atomic E-state index is 0.0230. The number of anilines is 1. The zero-order chi connectivity index (χ0) is 20.2. The molecule has 152 valence electrons. The van der Waals surface area contributed by atoms with E-state index in [2.05, 4.69) is 32.2 Å². The lowest BCUT2D eigenvalue weighted by molar-refractivity contribution is 0.0971. The summed E-state index contributed by atoms with van der Waals surface area (Å²) >= 11 is 7.69. The van der Waals surface area contributed by atoms with Gasteiger partial charge in [0.2, 0.25) is 5.28 Å². The Morgan fingerprint density at radius 2 is 2.21 bits per heavy atom. The first kappa shape index (κ1) is 20.1. The summed E-state index contributed by atoms with van der Waals surface area (Å²) in [6.45, 7) is 3.60. The van der Waals surface area contributed by atoms with Gasteiger partial charge in [0.05, 0.1) is 31.1 Å². The summed E-state index contributed by atoms with van der Waals surface area (Å²) in [5, 5.41) is 3.19. The fraction of sp³-hybridized carbons (Fsp3) is 0.421. The highest BCUT2D eigenvalue weighted by molar-refractivity contribution is 7.99. The molecule has 3 aromatic heterocycles. The zero-order valence-electron chi connectivity index (χ0n) is 16.0. The lowest BCUT2D eigenvalue weighted by Gasteiger charge is -2.15. The third-order valence-electron chi connectivity index (χ3n) is 4.61. The number of ether oxygens (including phenoxy) is 1. The predicted octanol–water partition coefficient (Wildman–Crippen LogP) is 3.14. The Hall–Kier alpha value is -2.23. The van der Waals surface area contributed by atoms with Crippen molar-refractivity contribution in [3.63, 3.8) is 0 Å². The molecule has 1 aliphatic heterocycles. The van der Waals surface area contributed by atoms with Gasteiger partial charge in [-0.15, -0.1) is 11.8 Å². The fourth-order valence-electron chi connectivity index (χ4n) is 3.23. The van der Waals surface area contributed by atoms with Crippen LogP contribution in [0.15, 0.2) is 34.2 Å². The van der Waals surface area contributed by atoms with Gasteiger partial charge in [0.15, 0.2) is 11.5 Å². The van der Waals surface area contributed by atoms with Crippen molar-refractivity contribution in [3.8, 4) is 0 Å². The summed E-state index contributed by atoms with van der Waals surface area (Å²) in [6, 6.07) is 3.97. The molecule has 3 aromatic rings. The smallest absolute Gasteiger partial charge is 0.295 e. The number of nitrogens with one attached hydrogen (secondary N) is 1. The minimum Gasteiger partial charge on any atom is -0.376 e. The molecule has 0 saturated carbocycles. The third-order valence-corrected chi connectivity index (χ3v) is 5.66. The van der Waals surface area contributed by atoms with E-state index in [1.54, 1.807) is 16.3 Å². The average Bonchev–Trinajstić information content (AvgIpc) is 3.24. The van der Waals surface area contributed by atoms with Crippen molar-refractivity contribution >= 4 is 40.3 Å². The van der Waals surface area contributed by atoms with Gasteiger partial charge in [-0.1, -0.05) is 6.92 Å². The SMILES string of the molecule is CCSc1ccc(CNc2nc3cnc(Cl)nc3n(CC3CCCO3)c2=O)nc1. The van der Waals surface area contributed by atoms with E-state index in [1.807, 2.05) is 18.3 Å². The maximum absolute atomic E-state index is 13.1. The van der Waals surface area contributed by atoms with Crippen LogP contribution in [0.3, 0.4) is 0 Å². The topological polar surface area (TPSA) is 94.8 Å². The van der Waals surface area contributed by atoms with Crippen LogP contribution in [0.25, 0.3) is 11.2 Å². The number of fused-ring (bicyclic) bond motifs is 1. The quantitative estimate of drug-likeness (QED) is 0.449. The summed E-state index contributed by atoms with van der Waals surface area (Å²) < 4.78 is 7.27. The van der Waals surface area contributed by atoms with Crippen molar-refractivity contribution < 1.29 is 4.74 Å². The van der Waals surface area contributed by atoms with Crippen LogP contribution in [-0.4, -0.2) is 43.0 Å². The molecule has 1 N–H and O–H groups in total. The number of nitrogens with zero attached hydrogens (tertiary/aromatic N) is 5. The standard InChI is InChI=1S/C19H21ClN6O2S/c1-2-29-14-6-5-12(21-9-14)8-22-16-18(27)26(11-13-4-3-7-28-13)17-15(24-16)10-23-19(20)25-17/h5-6,9-10,13H,2-4,7-8,11H2,1H3,(H,22,24). The minimum atomic E-state index is -0.263. The normalized spacial score (nSPS) is 16.4. The molecule has 0 radical (unpaired) electrons. The molecule has 0 aromatic carbocycles. The Balaban J connectivity index is 1.62. The highest BCUT2D eigenvalue weighted by Crippen LogP contribution is 2.18. The summed E-state index contributed by atoms with van der Waals surface area (Å²) in [5.41, 5.74) is 1.47. The van der Waals surface area contributed by atoms with E-state index in [4.69, 9.17) is 16.3 Å². The zero-order valence-corrected chi connectivity index (χ0v) is 17.5.